The number of carbonyl (C=O) groups is 1. The average molecular weight is 490 g/mol. The summed E-state index contributed by atoms with van der Waals surface area (Å²) >= 11 is 0. The van der Waals surface area contributed by atoms with Crippen molar-refractivity contribution in [2.75, 3.05) is 9.96 Å². The number of carbonyl (C=O) groups excluding carboxylic acids is 1. The lowest BCUT2D eigenvalue weighted by Gasteiger charge is -2.41. The molecule has 4 aromatic rings. The van der Waals surface area contributed by atoms with E-state index in [-0.39, 0.29) is 17.6 Å². The van der Waals surface area contributed by atoms with Gasteiger partial charge in [-0.05, 0) is 54.3 Å². The summed E-state index contributed by atoms with van der Waals surface area (Å²) in [7, 11) is 0. The number of pyridine rings is 1. The average Bonchev–Trinajstić information content (AvgIpc) is 3.77. The fourth-order valence-corrected chi connectivity index (χ4v) is 4.27. The van der Waals surface area contributed by atoms with Crippen molar-refractivity contribution >= 4 is 23.0 Å². The molecule has 1 saturated carbocycles. The number of nitrogens with zero attached hydrogens (tertiary/aromatic N) is 3. The summed E-state index contributed by atoms with van der Waals surface area (Å²) in [5.41, 5.74) is 5.01. The van der Waals surface area contributed by atoms with Gasteiger partial charge in [-0.1, -0.05) is 54.6 Å². The molecule has 37 heavy (non-hydrogen) atoms. The maximum absolute atomic E-state index is 13.0. The van der Waals surface area contributed by atoms with Crippen LogP contribution in [0.15, 0.2) is 109 Å². The van der Waals surface area contributed by atoms with Crippen molar-refractivity contribution in [3.63, 3.8) is 0 Å². The van der Waals surface area contributed by atoms with Crippen LogP contribution >= 0.6 is 0 Å². The quantitative estimate of drug-likeness (QED) is 0.348. The number of para-hydroxylation sites is 2. The first-order chi connectivity index (χ1) is 18.2. The number of hydrogen-bond donors (Lipinski definition) is 1. The number of nitrogens with one attached hydrogen (secondary N) is 1. The third-order valence-corrected chi connectivity index (χ3v) is 6.40. The number of amides is 1. The van der Waals surface area contributed by atoms with Crippen molar-refractivity contribution in [3.8, 4) is 17.0 Å². The molecule has 1 aliphatic carbocycles. The summed E-state index contributed by atoms with van der Waals surface area (Å²) in [5.74, 6) is 0.196. The van der Waals surface area contributed by atoms with Crippen molar-refractivity contribution in [1.82, 2.24) is 10.3 Å². The Hall–Kier alpha value is -4.62. The lowest BCUT2D eigenvalue weighted by molar-refractivity contribution is -0.117. The van der Waals surface area contributed by atoms with Gasteiger partial charge in [-0.3, -0.25) is 4.79 Å². The number of fused-ring (bicyclic) bond motifs is 1. The number of hydroxylamine groups is 1. The topological polar surface area (TPSA) is 80.8 Å². The number of benzene rings is 3. The van der Waals surface area contributed by atoms with E-state index in [1.807, 2.05) is 83.8 Å². The first kappa shape index (κ1) is 22.8. The van der Waals surface area contributed by atoms with Gasteiger partial charge < -0.3 is 25.2 Å². The zero-order valence-electron chi connectivity index (χ0n) is 20.1. The SMILES string of the molecule is O=C(NC1CC1)C1=CN(c2cccc(-c3ccc(OCc4ccccc4)nc3)c2)c2ccccc2N1[O-]. The summed E-state index contributed by atoms with van der Waals surface area (Å²) in [6, 6.07) is 29.2. The highest BCUT2D eigenvalue weighted by Crippen LogP contribution is 2.41. The number of anilines is 3. The van der Waals surface area contributed by atoms with Crippen molar-refractivity contribution in [2.45, 2.75) is 25.5 Å². The smallest absolute Gasteiger partial charge is 0.268 e. The molecule has 0 spiro atoms. The normalized spacial score (nSPS) is 14.6. The second-order valence-electron chi connectivity index (χ2n) is 9.12. The molecule has 1 N–H and O–H groups in total. The fourth-order valence-electron chi connectivity index (χ4n) is 4.27. The molecule has 6 rings (SSSR count). The van der Waals surface area contributed by atoms with Crippen LogP contribution in [-0.2, 0) is 11.4 Å². The molecule has 1 amide bonds. The molecular formula is C30H25N4O3-. The Morgan fingerprint density at radius 3 is 2.46 bits per heavy atom. The largest absolute Gasteiger partial charge is 0.754 e. The standard InChI is InChI=1S/C30H25N4O3/c35-30(32-24-14-15-24)28-19-33(26-11-4-5-12-27(26)34(28)36)25-10-6-9-22(17-25)23-13-16-29(31-18-23)37-20-21-7-2-1-3-8-21/h1-13,16-19,24H,14-15,20H2,(H,32,35)/q-1. The van der Waals surface area contributed by atoms with E-state index in [4.69, 9.17) is 4.74 Å². The van der Waals surface area contributed by atoms with Crippen molar-refractivity contribution in [2.24, 2.45) is 0 Å². The molecule has 1 aliphatic heterocycles. The Morgan fingerprint density at radius 1 is 0.919 bits per heavy atom. The van der Waals surface area contributed by atoms with E-state index in [0.29, 0.717) is 28.9 Å². The van der Waals surface area contributed by atoms with E-state index in [1.54, 1.807) is 24.5 Å². The van der Waals surface area contributed by atoms with E-state index >= 15 is 0 Å². The predicted molar refractivity (Wildman–Crippen MR) is 144 cm³/mol. The maximum Gasteiger partial charge on any atom is 0.268 e. The van der Waals surface area contributed by atoms with Gasteiger partial charge in [0.2, 0.25) is 5.88 Å². The lowest BCUT2D eigenvalue weighted by atomic mass is 10.1. The zero-order valence-corrected chi connectivity index (χ0v) is 20.1. The van der Waals surface area contributed by atoms with Gasteiger partial charge in [0, 0.05) is 35.8 Å². The van der Waals surface area contributed by atoms with Gasteiger partial charge in [0.25, 0.3) is 5.91 Å². The summed E-state index contributed by atoms with van der Waals surface area (Å²) in [5, 5.41) is 16.7. The minimum atomic E-state index is -0.358. The van der Waals surface area contributed by atoms with E-state index in [0.717, 1.165) is 35.2 Å². The van der Waals surface area contributed by atoms with Crippen molar-refractivity contribution < 1.29 is 9.53 Å². The molecule has 2 heterocycles. The monoisotopic (exact) mass is 489 g/mol. The molecule has 184 valence electrons. The molecule has 2 aliphatic rings. The summed E-state index contributed by atoms with van der Waals surface area (Å²) < 4.78 is 5.82. The molecule has 0 bridgehead atoms. The predicted octanol–water partition coefficient (Wildman–Crippen LogP) is 5.90. The second-order valence-corrected chi connectivity index (χ2v) is 9.12. The Balaban J connectivity index is 1.27. The highest BCUT2D eigenvalue weighted by Gasteiger charge is 2.29. The Labute approximate surface area is 215 Å². The lowest BCUT2D eigenvalue weighted by Crippen LogP contribution is -2.37. The highest BCUT2D eigenvalue weighted by atomic mass is 16.5. The van der Waals surface area contributed by atoms with Gasteiger partial charge in [0.15, 0.2) is 0 Å². The van der Waals surface area contributed by atoms with Crippen LogP contribution in [0.25, 0.3) is 11.1 Å². The van der Waals surface area contributed by atoms with Gasteiger partial charge in [-0.25, -0.2) is 4.98 Å². The van der Waals surface area contributed by atoms with Crippen LogP contribution in [0.1, 0.15) is 18.4 Å². The molecule has 0 radical (unpaired) electrons. The third kappa shape index (κ3) is 4.90. The van der Waals surface area contributed by atoms with E-state index in [9.17, 15) is 10.0 Å². The van der Waals surface area contributed by atoms with Crippen LogP contribution < -0.4 is 20.0 Å². The van der Waals surface area contributed by atoms with Crippen LogP contribution in [0, 0.1) is 5.21 Å². The van der Waals surface area contributed by atoms with Crippen LogP contribution in [0.5, 0.6) is 5.88 Å². The molecule has 3 aromatic carbocycles. The van der Waals surface area contributed by atoms with E-state index < -0.39 is 0 Å². The zero-order chi connectivity index (χ0) is 25.2. The van der Waals surface area contributed by atoms with Gasteiger partial charge in [-0.15, -0.1) is 0 Å². The first-order valence-electron chi connectivity index (χ1n) is 12.3. The van der Waals surface area contributed by atoms with Crippen molar-refractivity contribution in [1.29, 1.82) is 0 Å². The molecule has 7 nitrogen and oxygen atoms in total. The molecular weight excluding hydrogens is 464 g/mol. The van der Waals surface area contributed by atoms with Crippen LogP contribution in [0.2, 0.25) is 0 Å². The summed E-state index contributed by atoms with van der Waals surface area (Å²) in [6.45, 7) is 0.455. The van der Waals surface area contributed by atoms with Gasteiger partial charge in [-0.2, -0.15) is 0 Å². The van der Waals surface area contributed by atoms with Crippen LogP contribution in [0.4, 0.5) is 17.1 Å². The molecule has 0 atom stereocenters. The second kappa shape index (κ2) is 9.79. The first-order valence-corrected chi connectivity index (χ1v) is 12.3. The molecule has 7 heteroatoms. The highest BCUT2D eigenvalue weighted by molar-refractivity contribution is 6.02. The molecule has 0 saturated heterocycles. The number of aromatic nitrogens is 1. The Morgan fingerprint density at radius 2 is 1.70 bits per heavy atom. The minimum Gasteiger partial charge on any atom is -0.754 e. The van der Waals surface area contributed by atoms with Gasteiger partial charge >= 0.3 is 0 Å². The maximum atomic E-state index is 13.0. The Bertz CT molecular complexity index is 1450. The Kier molecular flexibility index (Phi) is 6.04. The molecule has 1 aromatic heterocycles. The van der Waals surface area contributed by atoms with Gasteiger partial charge in [0.1, 0.15) is 12.3 Å². The van der Waals surface area contributed by atoms with E-state index in [1.165, 1.54) is 0 Å². The number of ether oxygens (including phenoxy) is 1. The number of rotatable bonds is 7. The van der Waals surface area contributed by atoms with E-state index in [2.05, 4.69) is 10.3 Å². The van der Waals surface area contributed by atoms with Crippen LogP contribution in [-0.4, -0.2) is 16.9 Å². The third-order valence-electron chi connectivity index (χ3n) is 6.40. The molecule has 0 unspecified atom stereocenters. The summed E-state index contributed by atoms with van der Waals surface area (Å²) in [4.78, 5) is 19.2. The van der Waals surface area contributed by atoms with Crippen molar-refractivity contribution in [3.05, 3.63) is 120 Å². The fraction of sp³-hybridized carbons (Fsp3) is 0.133. The van der Waals surface area contributed by atoms with Crippen LogP contribution in [0.3, 0.4) is 0 Å². The number of hydrogen-bond acceptors (Lipinski definition) is 6. The minimum absolute atomic E-state index is 0.0672. The molecule has 1 fully saturated rings. The van der Waals surface area contributed by atoms with Gasteiger partial charge in [0.05, 0.1) is 11.4 Å². The summed E-state index contributed by atoms with van der Waals surface area (Å²) in [6.07, 6.45) is 5.30.